The van der Waals surface area contributed by atoms with Gasteiger partial charge in [0.1, 0.15) is 6.04 Å². The van der Waals surface area contributed by atoms with E-state index in [1.54, 1.807) is 32.0 Å². The van der Waals surface area contributed by atoms with Crippen LogP contribution in [0.15, 0.2) is 12.1 Å². The highest BCUT2D eigenvalue weighted by molar-refractivity contribution is 6.32. The fourth-order valence-electron chi connectivity index (χ4n) is 1.82. The molecule has 1 N–H and O–H groups in total. The van der Waals surface area contributed by atoms with Crippen LogP contribution in [0, 0.1) is 0 Å². The fourth-order valence-corrected chi connectivity index (χ4v) is 2.11. The maximum absolute atomic E-state index is 11.0. The molecule has 5 nitrogen and oxygen atoms in total. The van der Waals surface area contributed by atoms with Crippen molar-refractivity contribution >= 4 is 17.6 Å². The molecule has 0 aliphatic rings. The predicted molar refractivity (Wildman–Crippen MR) is 82.4 cm³/mol. The van der Waals surface area contributed by atoms with Crippen molar-refractivity contribution in [3.8, 4) is 11.5 Å². The third-order valence-corrected chi connectivity index (χ3v) is 3.47. The Morgan fingerprint density at radius 2 is 2.14 bits per heavy atom. The van der Waals surface area contributed by atoms with Gasteiger partial charge in [-0.1, -0.05) is 18.5 Å². The van der Waals surface area contributed by atoms with Crippen LogP contribution in [0.3, 0.4) is 0 Å². The number of carbonyl (C=O) groups is 1. The van der Waals surface area contributed by atoms with Gasteiger partial charge < -0.3 is 14.6 Å². The first-order chi connectivity index (χ1) is 9.90. The van der Waals surface area contributed by atoms with Crippen LogP contribution in [0.4, 0.5) is 0 Å². The fraction of sp³-hybridized carbons (Fsp3) is 0.533. The monoisotopic (exact) mass is 315 g/mol. The van der Waals surface area contributed by atoms with E-state index in [9.17, 15) is 4.79 Å². The van der Waals surface area contributed by atoms with Crippen LogP contribution in [0.2, 0.25) is 5.02 Å². The van der Waals surface area contributed by atoms with Crippen molar-refractivity contribution in [2.45, 2.75) is 32.9 Å². The number of aliphatic carboxylic acids is 1. The Morgan fingerprint density at radius 1 is 1.48 bits per heavy atom. The van der Waals surface area contributed by atoms with Crippen LogP contribution in [0.25, 0.3) is 0 Å². The summed E-state index contributed by atoms with van der Waals surface area (Å²) in [7, 11) is 3.30. The average Bonchev–Trinajstić information content (AvgIpc) is 2.44. The molecule has 0 fully saturated rings. The van der Waals surface area contributed by atoms with Crippen molar-refractivity contribution in [1.82, 2.24) is 4.90 Å². The first-order valence-corrected chi connectivity index (χ1v) is 7.20. The molecule has 6 heteroatoms. The molecule has 0 aliphatic carbocycles. The van der Waals surface area contributed by atoms with E-state index in [2.05, 4.69) is 0 Å². The van der Waals surface area contributed by atoms with Gasteiger partial charge in [-0.2, -0.15) is 0 Å². The Balaban J connectivity index is 2.95. The molecule has 118 valence electrons. The molecular weight excluding hydrogens is 294 g/mol. The second kappa shape index (κ2) is 8.10. The molecule has 0 bridgehead atoms. The van der Waals surface area contributed by atoms with Gasteiger partial charge in [0.2, 0.25) is 0 Å². The Kier molecular flexibility index (Phi) is 6.78. The van der Waals surface area contributed by atoms with E-state index in [0.29, 0.717) is 29.7 Å². The molecule has 1 atom stereocenters. The molecule has 0 saturated heterocycles. The van der Waals surface area contributed by atoms with E-state index in [1.807, 2.05) is 13.0 Å². The number of rotatable bonds is 8. The number of nitrogens with zero attached hydrogens (tertiary/aromatic N) is 1. The Hall–Kier alpha value is -1.46. The number of methoxy groups -OCH3 is 1. The summed E-state index contributed by atoms with van der Waals surface area (Å²) in [6.45, 7) is 4.67. The molecule has 0 radical (unpaired) electrons. The van der Waals surface area contributed by atoms with E-state index in [-0.39, 0.29) is 0 Å². The first kappa shape index (κ1) is 17.6. The number of hydrogen-bond acceptors (Lipinski definition) is 4. The Labute approximate surface area is 130 Å². The summed E-state index contributed by atoms with van der Waals surface area (Å²) < 4.78 is 10.9. The normalized spacial score (nSPS) is 12.3. The largest absolute Gasteiger partial charge is 0.493 e. The Bertz CT molecular complexity index is 493. The number of benzene rings is 1. The zero-order chi connectivity index (χ0) is 16.0. The van der Waals surface area contributed by atoms with Gasteiger partial charge in [0.25, 0.3) is 0 Å². The number of carboxylic acid groups (broad SMARTS) is 1. The molecule has 21 heavy (non-hydrogen) atoms. The molecule has 1 unspecified atom stereocenters. The summed E-state index contributed by atoms with van der Waals surface area (Å²) in [6, 6.07) is 3.02. The second-order valence-corrected chi connectivity index (χ2v) is 5.29. The third-order valence-electron chi connectivity index (χ3n) is 3.19. The minimum atomic E-state index is -0.863. The minimum absolute atomic E-state index is 0.456. The van der Waals surface area contributed by atoms with Crippen LogP contribution in [-0.4, -0.2) is 42.8 Å². The lowest BCUT2D eigenvalue weighted by Gasteiger charge is -2.22. The molecule has 1 aromatic carbocycles. The minimum Gasteiger partial charge on any atom is -0.493 e. The molecular formula is C15H22ClNO4. The molecule has 1 rings (SSSR count). The number of halogens is 1. The smallest absolute Gasteiger partial charge is 0.320 e. The molecule has 0 heterocycles. The number of ether oxygens (including phenoxy) is 2. The molecule has 0 spiro atoms. The highest BCUT2D eigenvalue weighted by Gasteiger charge is 2.18. The van der Waals surface area contributed by atoms with E-state index in [4.69, 9.17) is 26.2 Å². The van der Waals surface area contributed by atoms with Crippen LogP contribution >= 0.6 is 11.6 Å². The molecule has 0 aliphatic heterocycles. The van der Waals surface area contributed by atoms with Crippen molar-refractivity contribution < 1.29 is 19.4 Å². The van der Waals surface area contributed by atoms with Gasteiger partial charge in [-0.05, 0) is 38.1 Å². The molecule has 1 aromatic rings. The highest BCUT2D eigenvalue weighted by Crippen LogP contribution is 2.36. The third kappa shape index (κ3) is 4.79. The lowest BCUT2D eigenvalue weighted by atomic mass is 10.1. The summed E-state index contributed by atoms with van der Waals surface area (Å²) >= 11 is 6.23. The maximum Gasteiger partial charge on any atom is 0.320 e. The van der Waals surface area contributed by atoms with Crippen molar-refractivity contribution in [3.05, 3.63) is 22.7 Å². The Morgan fingerprint density at radius 3 is 2.67 bits per heavy atom. The average molecular weight is 316 g/mol. The summed E-state index contributed by atoms with van der Waals surface area (Å²) in [6.07, 6.45) is 0.875. The van der Waals surface area contributed by atoms with E-state index >= 15 is 0 Å². The van der Waals surface area contributed by atoms with Crippen molar-refractivity contribution in [2.75, 3.05) is 20.8 Å². The van der Waals surface area contributed by atoms with Gasteiger partial charge in [-0.25, -0.2) is 0 Å². The summed E-state index contributed by atoms with van der Waals surface area (Å²) in [5.41, 5.74) is 0.872. The number of likely N-dealkylation sites (N-methyl/N-ethyl adjacent to an activating group) is 1. The number of carboxylic acids is 1. The molecule has 0 amide bonds. The first-order valence-electron chi connectivity index (χ1n) is 6.82. The van der Waals surface area contributed by atoms with Crippen LogP contribution in [0.1, 0.15) is 25.8 Å². The van der Waals surface area contributed by atoms with Gasteiger partial charge in [-0.3, -0.25) is 9.69 Å². The SMILES string of the molecule is CCCOc1c(Cl)cc(CN(C)C(C)C(=O)O)cc1OC. The standard InChI is InChI=1S/C15H22ClNO4/c1-5-6-21-14-12(16)7-11(8-13(14)20-4)9-17(3)10(2)15(18)19/h7-8,10H,5-6,9H2,1-4H3,(H,18,19). The van der Waals surface area contributed by atoms with Gasteiger partial charge in [0.05, 0.1) is 18.7 Å². The van der Waals surface area contributed by atoms with Gasteiger partial charge >= 0.3 is 5.97 Å². The zero-order valence-corrected chi connectivity index (χ0v) is 13.6. The van der Waals surface area contributed by atoms with Gasteiger partial charge in [0, 0.05) is 6.54 Å². The lowest BCUT2D eigenvalue weighted by Crippen LogP contribution is -2.35. The number of hydrogen-bond donors (Lipinski definition) is 1. The van der Waals surface area contributed by atoms with E-state index in [0.717, 1.165) is 12.0 Å². The quantitative estimate of drug-likeness (QED) is 0.799. The zero-order valence-electron chi connectivity index (χ0n) is 12.9. The summed E-state index contributed by atoms with van der Waals surface area (Å²) in [4.78, 5) is 12.7. The van der Waals surface area contributed by atoms with Gasteiger partial charge in [0.15, 0.2) is 11.5 Å². The summed E-state index contributed by atoms with van der Waals surface area (Å²) in [5, 5.41) is 9.48. The van der Waals surface area contributed by atoms with Crippen molar-refractivity contribution in [1.29, 1.82) is 0 Å². The van der Waals surface area contributed by atoms with Gasteiger partial charge in [-0.15, -0.1) is 0 Å². The van der Waals surface area contributed by atoms with E-state index in [1.165, 1.54) is 0 Å². The van der Waals surface area contributed by atoms with Crippen LogP contribution < -0.4 is 9.47 Å². The second-order valence-electron chi connectivity index (χ2n) is 4.89. The highest BCUT2D eigenvalue weighted by atomic mass is 35.5. The molecule has 0 saturated carbocycles. The lowest BCUT2D eigenvalue weighted by molar-refractivity contribution is -0.142. The predicted octanol–water partition coefficient (Wildman–Crippen LogP) is 3.04. The van der Waals surface area contributed by atoms with Crippen molar-refractivity contribution in [3.63, 3.8) is 0 Å². The van der Waals surface area contributed by atoms with Crippen LogP contribution in [-0.2, 0) is 11.3 Å². The summed E-state index contributed by atoms with van der Waals surface area (Å²) in [5.74, 6) is 0.222. The van der Waals surface area contributed by atoms with Crippen molar-refractivity contribution in [2.24, 2.45) is 0 Å². The maximum atomic E-state index is 11.0. The molecule has 0 aromatic heterocycles. The van der Waals surface area contributed by atoms with Crippen LogP contribution in [0.5, 0.6) is 11.5 Å². The van der Waals surface area contributed by atoms with E-state index < -0.39 is 12.0 Å². The topological polar surface area (TPSA) is 59.0 Å².